The smallest absolute Gasteiger partial charge is 0.243 e. The molecule has 5 nitrogen and oxygen atoms in total. The fraction of sp³-hybridized carbons (Fsp3) is 0.231. The lowest BCUT2D eigenvalue weighted by atomic mass is 10.2. The Morgan fingerprint density at radius 3 is 2.94 bits per heavy atom. The Morgan fingerprint density at radius 2 is 2.11 bits per heavy atom. The van der Waals surface area contributed by atoms with Gasteiger partial charge in [0.1, 0.15) is 11.8 Å². The standard InChI is InChI=1S/C13H13N3O2/c1-8(14-2)13-15-12(16-18-13)10-7-17-11-6-4-3-5-9(10)11/h3-8,14H,1-2H3. The van der Waals surface area contributed by atoms with Crippen molar-refractivity contribution in [2.45, 2.75) is 13.0 Å². The van der Waals surface area contributed by atoms with E-state index in [-0.39, 0.29) is 6.04 Å². The minimum absolute atomic E-state index is 0.0319. The Balaban J connectivity index is 2.07. The molecule has 1 atom stereocenters. The molecule has 92 valence electrons. The summed E-state index contributed by atoms with van der Waals surface area (Å²) in [5.74, 6) is 1.12. The Morgan fingerprint density at radius 1 is 1.28 bits per heavy atom. The number of para-hydroxylation sites is 1. The highest BCUT2D eigenvalue weighted by atomic mass is 16.5. The summed E-state index contributed by atoms with van der Waals surface area (Å²) in [6, 6.07) is 7.81. The third kappa shape index (κ3) is 1.69. The van der Waals surface area contributed by atoms with Crippen LogP contribution >= 0.6 is 0 Å². The van der Waals surface area contributed by atoms with Gasteiger partial charge < -0.3 is 14.3 Å². The number of nitrogens with one attached hydrogen (secondary N) is 1. The molecule has 5 heteroatoms. The molecule has 0 aliphatic carbocycles. The zero-order valence-corrected chi connectivity index (χ0v) is 10.2. The molecule has 0 radical (unpaired) electrons. The van der Waals surface area contributed by atoms with E-state index in [2.05, 4.69) is 15.5 Å². The first-order chi connectivity index (χ1) is 8.79. The number of nitrogens with zero attached hydrogens (tertiary/aromatic N) is 2. The van der Waals surface area contributed by atoms with Gasteiger partial charge in [-0.3, -0.25) is 0 Å². The van der Waals surface area contributed by atoms with Gasteiger partial charge in [0.05, 0.1) is 11.6 Å². The summed E-state index contributed by atoms with van der Waals surface area (Å²) in [6.45, 7) is 1.96. The van der Waals surface area contributed by atoms with Crippen LogP contribution in [0.1, 0.15) is 18.9 Å². The second kappa shape index (κ2) is 4.27. The van der Waals surface area contributed by atoms with Crippen molar-refractivity contribution in [3.05, 3.63) is 36.4 Å². The topological polar surface area (TPSA) is 64.1 Å². The summed E-state index contributed by atoms with van der Waals surface area (Å²) >= 11 is 0. The van der Waals surface area contributed by atoms with Crippen molar-refractivity contribution < 1.29 is 8.94 Å². The van der Waals surface area contributed by atoms with Crippen molar-refractivity contribution in [1.29, 1.82) is 0 Å². The second-order valence-corrected chi connectivity index (χ2v) is 4.11. The lowest BCUT2D eigenvalue weighted by Gasteiger charge is -2.01. The molecular formula is C13H13N3O2. The van der Waals surface area contributed by atoms with Gasteiger partial charge in [0, 0.05) is 5.39 Å². The zero-order valence-electron chi connectivity index (χ0n) is 10.2. The Labute approximate surface area is 104 Å². The van der Waals surface area contributed by atoms with Gasteiger partial charge in [-0.2, -0.15) is 4.98 Å². The fourth-order valence-electron chi connectivity index (χ4n) is 1.79. The van der Waals surface area contributed by atoms with Crippen LogP contribution in [0.5, 0.6) is 0 Å². The Kier molecular flexibility index (Phi) is 2.60. The van der Waals surface area contributed by atoms with Gasteiger partial charge in [0.15, 0.2) is 0 Å². The molecule has 3 rings (SSSR count). The highest BCUT2D eigenvalue weighted by molar-refractivity contribution is 5.91. The Hall–Kier alpha value is -2.14. The number of benzene rings is 1. The van der Waals surface area contributed by atoms with Gasteiger partial charge in [0.2, 0.25) is 11.7 Å². The lowest BCUT2D eigenvalue weighted by molar-refractivity contribution is 0.347. The van der Waals surface area contributed by atoms with Crippen LogP contribution in [0.4, 0.5) is 0 Å². The van der Waals surface area contributed by atoms with E-state index in [9.17, 15) is 0 Å². The molecule has 0 saturated carbocycles. The van der Waals surface area contributed by atoms with E-state index >= 15 is 0 Å². The number of hydrogen-bond donors (Lipinski definition) is 1. The molecule has 3 aromatic rings. The zero-order chi connectivity index (χ0) is 12.5. The molecule has 2 heterocycles. The molecule has 0 bridgehead atoms. The van der Waals surface area contributed by atoms with E-state index in [0.29, 0.717) is 11.7 Å². The monoisotopic (exact) mass is 243 g/mol. The first-order valence-electron chi connectivity index (χ1n) is 5.77. The van der Waals surface area contributed by atoms with Gasteiger partial charge in [-0.25, -0.2) is 0 Å². The van der Waals surface area contributed by atoms with Crippen LogP contribution in [0.15, 0.2) is 39.5 Å². The minimum Gasteiger partial charge on any atom is -0.464 e. The first-order valence-corrected chi connectivity index (χ1v) is 5.77. The maximum atomic E-state index is 5.46. The summed E-state index contributed by atoms with van der Waals surface area (Å²) in [5.41, 5.74) is 1.67. The highest BCUT2D eigenvalue weighted by Gasteiger charge is 2.16. The van der Waals surface area contributed by atoms with Crippen LogP contribution in [-0.2, 0) is 0 Å². The third-order valence-corrected chi connectivity index (χ3v) is 2.97. The Bertz CT molecular complexity index is 671. The number of fused-ring (bicyclic) bond motifs is 1. The summed E-state index contributed by atoms with van der Waals surface area (Å²) in [7, 11) is 1.85. The first kappa shape index (κ1) is 11.0. The molecule has 0 aliphatic rings. The predicted octanol–water partition coefficient (Wildman–Crippen LogP) is 2.76. The van der Waals surface area contributed by atoms with Crippen molar-refractivity contribution in [2.75, 3.05) is 7.05 Å². The van der Waals surface area contributed by atoms with Crippen molar-refractivity contribution in [2.24, 2.45) is 0 Å². The average molecular weight is 243 g/mol. The molecule has 1 unspecified atom stereocenters. The quantitative estimate of drug-likeness (QED) is 0.766. The molecule has 2 aromatic heterocycles. The van der Waals surface area contributed by atoms with Crippen LogP contribution in [0, 0.1) is 0 Å². The lowest BCUT2D eigenvalue weighted by Crippen LogP contribution is -2.12. The number of hydrogen-bond acceptors (Lipinski definition) is 5. The van der Waals surface area contributed by atoms with E-state index in [1.807, 2.05) is 38.2 Å². The molecular weight excluding hydrogens is 230 g/mol. The van der Waals surface area contributed by atoms with Gasteiger partial charge in [-0.1, -0.05) is 23.4 Å². The van der Waals surface area contributed by atoms with Crippen LogP contribution < -0.4 is 5.32 Å². The molecule has 1 N–H and O–H groups in total. The van der Waals surface area contributed by atoms with E-state index in [4.69, 9.17) is 8.94 Å². The van der Waals surface area contributed by atoms with Crippen LogP contribution in [0.2, 0.25) is 0 Å². The number of rotatable bonds is 3. The molecule has 0 aliphatic heterocycles. The second-order valence-electron chi connectivity index (χ2n) is 4.11. The fourth-order valence-corrected chi connectivity index (χ4v) is 1.79. The number of furan rings is 1. The maximum absolute atomic E-state index is 5.46. The van der Waals surface area contributed by atoms with E-state index < -0.39 is 0 Å². The van der Waals surface area contributed by atoms with Crippen molar-refractivity contribution >= 4 is 11.0 Å². The molecule has 0 amide bonds. The molecule has 1 aromatic carbocycles. The molecule has 18 heavy (non-hydrogen) atoms. The highest BCUT2D eigenvalue weighted by Crippen LogP contribution is 2.28. The van der Waals surface area contributed by atoms with Gasteiger partial charge >= 0.3 is 0 Å². The van der Waals surface area contributed by atoms with Crippen LogP contribution in [0.3, 0.4) is 0 Å². The minimum atomic E-state index is 0.0319. The summed E-state index contributed by atoms with van der Waals surface area (Å²) < 4.78 is 10.7. The maximum Gasteiger partial charge on any atom is 0.243 e. The van der Waals surface area contributed by atoms with Gasteiger partial charge in [-0.05, 0) is 20.0 Å². The number of aromatic nitrogens is 2. The van der Waals surface area contributed by atoms with Gasteiger partial charge in [-0.15, -0.1) is 0 Å². The molecule has 0 saturated heterocycles. The van der Waals surface area contributed by atoms with E-state index in [1.165, 1.54) is 0 Å². The predicted molar refractivity (Wildman–Crippen MR) is 67.0 cm³/mol. The molecule has 0 fully saturated rings. The molecule has 0 spiro atoms. The normalized spacial score (nSPS) is 13.0. The average Bonchev–Trinajstić information content (AvgIpc) is 3.03. The van der Waals surface area contributed by atoms with Crippen molar-refractivity contribution in [3.8, 4) is 11.4 Å². The summed E-state index contributed by atoms with van der Waals surface area (Å²) in [6.07, 6.45) is 1.66. The van der Waals surface area contributed by atoms with E-state index in [1.54, 1.807) is 6.26 Å². The van der Waals surface area contributed by atoms with Crippen molar-refractivity contribution in [3.63, 3.8) is 0 Å². The third-order valence-electron chi connectivity index (χ3n) is 2.97. The van der Waals surface area contributed by atoms with Crippen LogP contribution in [-0.4, -0.2) is 17.2 Å². The van der Waals surface area contributed by atoms with Crippen LogP contribution in [0.25, 0.3) is 22.4 Å². The van der Waals surface area contributed by atoms with Crippen molar-refractivity contribution in [1.82, 2.24) is 15.5 Å². The summed E-state index contributed by atoms with van der Waals surface area (Å²) in [5, 5.41) is 8.04. The van der Waals surface area contributed by atoms with E-state index in [0.717, 1.165) is 16.5 Å². The largest absolute Gasteiger partial charge is 0.464 e. The summed E-state index contributed by atoms with van der Waals surface area (Å²) in [4.78, 5) is 4.37. The SMILES string of the molecule is CNC(C)c1nc(-c2coc3ccccc23)no1. The van der Waals surface area contributed by atoms with Gasteiger partial charge in [0.25, 0.3) is 0 Å².